The molecule has 0 saturated heterocycles. The predicted octanol–water partition coefficient (Wildman–Crippen LogP) is 13.7. The molecule has 1 aliphatic heterocycles. The highest BCUT2D eigenvalue weighted by Crippen LogP contribution is 2.54. The molecule has 9 aromatic carbocycles. The van der Waals surface area contributed by atoms with Gasteiger partial charge >= 0.3 is 0 Å². The third-order valence-corrected chi connectivity index (χ3v) is 10.0. The Kier molecular flexibility index (Phi) is 6.53. The summed E-state index contributed by atoms with van der Waals surface area (Å²) in [4.78, 5) is 2.39. The molecule has 1 heterocycles. The van der Waals surface area contributed by atoms with Gasteiger partial charge in [0, 0.05) is 27.8 Å². The summed E-state index contributed by atoms with van der Waals surface area (Å²) in [6.45, 7) is 0. The maximum absolute atomic E-state index is 7.14. The van der Waals surface area contributed by atoms with Crippen LogP contribution in [0.3, 0.4) is 0 Å². The molecule has 1 aliphatic rings. The molecule has 2 nitrogen and oxygen atoms in total. The van der Waals surface area contributed by atoms with Crippen molar-refractivity contribution in [2.24, 2.45) is 0 Å². The van der Waals surface area contributed by atoms with Crippen LogP contribution in [0.4, 0.5) is 17.1 Å². The van der Waals surface area contributed by atoms with E-state index in [1.54, 1.807) is 0 Å². The molecular formula is C48H31NO. The second kappa shape index (κ2) is 11.5. The molecule has 0 fully saturated rings. The van der Waals surface area contributed by atoms with Crippen LogP contribution in [0.1, 0.15) is 0 Å². The summed E-state index contributed by atoms with van der Waals surface area (Å²) in [5.41, 5.74) is 10.0. The van der Waals surface area contributed by atoms with Crippen LogP contribution in [0.2, 0.25) is 0 Å². The van der Waals surface area contributed by atoms with Gasteiger partial charge in [0.25, 0.3) is 0 Å². The fourth-order valence-corrected chi connectivity index (χ4v) is 7.74. The second-order valence-electron chi connectivity index (χ2n) is 12.9. The van der Waals surface area contributed by atoms with Crippen molar-refractivity contribution in [3.05, 3.63) is 188 Å². The monoisotopic (exact) mass is 637 g/mol. The molecule has 234 valence electrons. The number of para-hydroxylation sites is 2. The maximum Gasteiger partial charge on any atom is 0.159 e. The van der Waals surface area contributed by atoms with E-state index >= 15 is 0 Å². The molecule has 0 atom stereocenters. The number of hydrogen-bond acceptors (Lipinski definition) is 2. The van der Waals surface area contributed by atoms with E-state index in [9.17, 15) is 0 Å². The summed E-state index contributed by atoms with van der Waals surface area (Å²) in [5, 5.41) is 7.26. The first-order valence-electron chi connectivity index (χ1n) is 17.1. The lowest BCUT2D eigenvalue weighted by Gasteiger charge is -2.30. The van der Waals surface area contributed by atoms with Crippen LogP contribution < -0.4 is 9.64 Å². The first-order valence-corrected chi connectivity index (χ1v) is 17.1. The lowest BCUT2D eigenvalue weighted by atomic mass is 9.89. The molecule has 0 aliphatic carbocycles. The van der Waals surface area contributed by atoms with Crippen LogP contribution >= 0.6 is 0 Å². The second-order valence-corrected chi connectivity index (χ2v) is 12.9. The van der Waals surface area contributed by atoms with Gasteiger partial charge in [-0.25, -0.2) is 0 Å². The zero-order chi connectivity index (χ0) is 33.0. The Morgan fingerprint density at radius 2 is 1.00 bits per heavy atom. The van der Waals surface area contributed by atoms with Crippen molar-refractivity contribution in [1.29, 1.82) is 0 Å². The van der Waals surface area contributed by atoms with Gasteiger partial charge in [0.1, 0.15) is 5.75 Å². The molecule has 50 heavy (non-hydrogen) atoms. The summed E-state index contributed by atoms with van der Waals surface area (Å²) in [6, 6.07) is 67.4. The highest BCUT2D eigenvalue weighted by molar-refractivity contribution is 6.15. The van der Waals surface area contributed by atoms with E-state index < -0.39 is 0 Å². The van der Waals surface area contributed by atoms with Crippen LogP contribution in [-0.4, -0.2) is 0 Å². The number of ether oxygens (including phenoxy) is 1. The fourth-order valence-electron chi connectivity index (χ4n) is 7.74. The van der Waals surface area contributed by atoms with E-state index in [4.69, 9.17) is 4.74 Å². The molecule has 0 radical (unpaired) electrons. The van der Waals surface area contributed by atoms with Crippen molar-refractivity contribution < 1.29 is 4.74 Å². The summed E-state index contributed by atoms with van der Waals surface area (Å²) in [5.74, 6) is 1.68. The molecule has 0 saturated carbocycles. The number of nitrogens with zero attached hydrogens (tertiary/aromatic N) is 1. The minimum Gasteiger partial charge on any atom is -0.454 e. The van der Waals surface area contributed by atoms with Gasteiger partial charge < -0.3 is 9.64 Å². The van der Waals surface area contributed by atoms with Gasteiger partial charge in [-0.2, -0.15) is 0 Å². The van der Waals surface area contributed by atoms with E-state index in [1.165, 1.54) is 49.0 Å². The van der Waals surface area contributed by atoms with Gasteiger partial charge in [-0.3, -0.25) is 0 Å². The Morgan fingerprint density at radius 1 is 0.360 bits per heavy atom. The molecular weight excluding hydrogens is 607 g/mol. The number of anilines is 3. The fraction of sp³-hybridized carbons (Fsp3) is 0. The number of benzene rings is 9. The smallest absolute Gasteiger partial charge is 0.159 e. The molecule has 2 heteroatoms. The van der Waals surface area contributed by atoms with Gasteiger partial charge in [0.2, 0.25) is 0 Å². The first-order chi connectivity index (χ1) is 24.8. The summed E-state index contributed by atoms with van der Waals surface area (Å²) >= 11 is 0. The van der Waals surface area contributed by atoms with E-state index in [-0.39, 0.29) is 0 Å². The minimum absolute atomic E-state index is 0.832. The molecule has 0 aromatic heterocycles. The third-order valence-electron chi connectivity index (χ3n) is 10.0. The Bertz CT molecular complexity index is 2730. The summed E-state index contributed by atoms with van der Waals surface area (Å²) in [7, 11) is 0. The Balaban J connectivity index is 1.28. The Labute approximate surface area is 291 Å². The minimum atomic E-state index is 0.832. The van der Waals surface area contributed by atoms with Gasteiger partial charge in [-0.1, -0.05) is 158 Å². The van der Waals surface area contributed by atoms with Crippen molar-refractivity contribution in [2.45, 2.75) is 0 Å². The Morgan fingerprint density at radius 3 is 1.84 bits per heavy atom. The zero-order valence-electron chi connectivity index (χ0n) is 27.3. The van der Waals surface area contributed by atoms with Crippen LogP contribution in [-0.2, 0) is 0 Å². The van der Waals surface area contributed by atoms with Crippen LogP contribution in [0, 0.1) is 0 Å². The molecule has 0 N–H and O–H groups in total. The van der Waals surface area contributed by atoms with E-state index in [0.717, 1.165) is 45.3 Å². The van der Waals surface area contributed by atoms with Crippen LogP contribution in [0.25, 0.3) is 65.7 Å². The van der Waals surface area contributed by atoms with E-state index in [0.29, 0.717) is 0 Å². The molecule has 0 amide bonds. The summed E-state index contributed by atoms with van der Waals surface area (Å²) in [6.07, 6.45) is 0. The Hall–Kier alpha value is -6.64. The van der Waals surface area contributed by atoms with Crippen molar-refractivity contribution >= 4 is 49.4 Å². The van der Waals surface area contributed by atoms with Gasteiger partial charge in [0.15, 0.2) is 5.75 Å². The van der Waals surface area contributed by atoms with Crippen molar-refractivity contribution in [3.63, 3.8) is 0 Å². The SMILES string of the molecule is c1ccc(-c2ccc(N(c3cccc4c3Oc3ccccc3-c3c-4ccc4ccccc34)c3cc4ccccc4c4ccccc34)cc2)cc1. The van der Waals surface area contributed by atoms with Crippen molar-refractivity contribution in [2.75, 3.05) is 4.90 Å². The average Bonchev–Trinajstić information content (AvgIpc) is 3.34. The maximum atomic E-state index is 7.14. The van der Waals surface area contributed by atoms with Crippen molar-refractivity contribution in [1.82, 2.24) is 0 Å². The largest absolute Gasteiger partial charge is 0.454 e. The van der Waals surface area contributed by atoms with Gasteiger partial charge in [-0.05, 0) is 74.0 Å². The predicted molar refractivity (Wildman–Crippen MR) is 210 cm³/mol. The highest BCUT2D eigenvalue weighted by atomic mass is 16.5. The van der Waals surface area contributed by atoms with E-state index in [2.05, 4.69) is 193 Å². The van der Waals surface area contributed by atoms with Gasteiger partial charge in [-0.15, -0.1) is 0 Å². The standard InChI is InChI=1S/C48H31NO/c1-2-13-32(14-3-1)33-25-28-36(29-26-33)49(45-31-35-16-5-6-17-37(35)39-19-8-9-20-40(39)45)44-23-12-22-42-41-30-27-34-15-4-7-18-38(34)47(41)43-21-10-11-24-46(43)50-48(42)44/h1-31H. The number of hydrogen-bond donors (Lipinski definition) is 0. The topological polar surface area (TPSA) is 12.5 Å². The molecule has 0 spiro atoms. The summed E-state index contributed by atoms with van der Waals surface area (Å²) < 4.78 is 7.14. The number of fused-ring (bicyclic) bond motifs is 10. The highest BCUT2D eigenvalue weighted by Gasteiger charge is 2.28. The number of rotatable bonds is 4. The first kappa shape index (κ1) is 28.4. The quantitative estimate of drug-likeness (QED) is 0.178. The van der Waals surface area contributed by atoms with Crippen LogP contribution in [0.15, 0.2) is 188 Å². The van der Waals surface area contributed by atoms with Gasteiger partial charge in [0.05, 0.1) is 11.4 Å². The van der Waals surface area contributed by atoms with Crippen molar-refractivity contribution in [3.8, 4) is 44.9 Å². The zero-order valence-corrected chi connectivity index (χ0v) is 27.3. The molecule has 0 bridgehead atoms. The lowest BCUT2D eigenvalue weighted by Crippen LogP contribution is -2.12. The lowest BCUT2D eigenvalue weighted by molar-refractivity contribution is 0.489. The average molecular weight is 638 g/mol. The van der Waals surface area contributed by atoms with E-state index in [1.807, 2.05) is 0 Å². The molecule has 0 unspecified atom stereocenters. The third kappa shape index (κ3) is 4.50. The molecule has 9 aromatic rings. The normalized spacial score (nSPS) is 11.8. The van der Waals surface area contributed by atoms with Crippen LogP contribution in [0.5, 0.6) is 11.5 Å². The molecule has 10 rings (SSSR count).